The topological polar surface area (TPSA) is 119 Å². The van der Waals surface area contributed by atoms with Gasteiger partial charge in [0.05, 0.1) is 11.9 Å². The van der Waals surface area contributed by atoms with Crippen LogP contribution < -0.4 is 5.73 Å². The molecule has 1 aliphatic heterocycles. The largest absolute Gasteiger partial charge is 0.384 e. The minimum absolute atomic E-state index is 0.246. The summed E-state index contributed by atoms with van der Waals surface area (Å²) in [5, 5.41) is 21.9. The molecule has 120 valence electrons. The number of fused-ring (bicyclic) bond motifs is 1. The Morgan fingerprint density at radius 1 is 1.05 bits per heavy atom. The first-order chi connectivity index (χ1) is 9.96. The molecule has 0 saturated carbocycles. The maximum Gasteiger partial charge on any atom is 0.176 e. The average Bonchev–Trinajstić information content (AvgIpc) is 2.86. The zero-order valence-corrected chi connectivity index (χ0v) is 13.3. The molecule has 1 saturated heterocycles. The summed E-state index contributed by atoms with van der Waals surface area (Å²) < 4.78 is 7.67. The molecule has 1 fully saturated rings. The number of ether oxygens (including phenoxy) is 1. The van der Waals surface area contributed by atoms with E-state index in [1.54, 1.807) is 32.3 Å². The van der Waals surface area contributed by atoms with Crippen molar-refractivity contribution in [2.45, 2.75) is 57.1 Å². The molecule has 3 atom stereocenters. The number of hydrogen-bond donors (Lipinski definition) is 3. The van der Waals surface area contributed by atoms with E-state index in [0.717, 1.165) is 0 Å². The van der Waals surface area contributed by atoms with Crippen LogP contribution in [0, 0.1) is 0 Å². The quantitative estimate of drug-likeness (QED) is 0.697. The van der Waals surface area contributed by atoms with E-state index in [0.29, 0.717) is 11.2 Å². The second kappa shape index (κ2) is 3.95. The molecule has 4 N–H and O–H groups in total. The highest BCUT2D eigenvalue weighted by Gasteiger charge is 2.71. The summed E-state index contributed by atoms with van der Waals surface area (Å²) in [6, 6.07) is 0. The molecule has 3 heterocycles. The molecular formula is C14H21N5O3. The van der Waals surface area contributed by atoms with E-state index >= 15 is 0 Å². The lowest BCUT2D eigenvalue weighted by Gasteiger charge is -2.41. The Morgan fingerprint density at radius 2 is 1.68 bits per heavy atom. The number of imidazole rings is 1. The number of aliphatic hydroxyl groups is 2. The molecule has 0 aromatic carbocycles. The van der Waals surface area contributed by atoms with Crippen LogP contribution in [-0.2, 0) is 10.5 Å². The average molecular weight is 307 g/mol. The summed E-state index contributed by atoms with van der Waals surface area (Å²) in [4.78, 5) is 12.3. The van der Waals surface area contributed by atoms with E-state index in [1.807, 2.05) is 0 Å². The maximum absolute atomic E-state index is 11.1. The van der Waals surface area contributed by atoms with Crippen molar-refractivity contribution in [1.29, 1.82) is 0 Å². The summed E-state index contributed by atoms with van der Waals surface area (Å²) in [5.41, 5.74) is 1.30. The highest BCUT2D eigenvalue weighted by atomic mass is 16.6. The lowest BCUT2D eigenvalue weighted by Crippen LogP contribution is -2.61. The minimum Gasteiger partial charge on any atom is -0.384 e. The van der Waals surface area contributed by atoms with E-state index < -0.39 is 22.5 Å². The second-order valence-electron chi connectivity index (χ2n) is 6.79. The molecular weight excluding hydrogens is 286 g/mol. The first kappa shape index (κ1) is 15.1. The van der Waals surface area contributed by atoms with Gasteiger partial charge in [-0.1, -0.05) is 0 Å². The molecule has 22 heavy (non-hydrogen) atoms. The lowest BCUT2D eigenvalue weighted by atomic mass is 9.73. The van der Waals surface area contributed by atoms with Gasteiger partial charge in [-0.05, 0) is 34.6 Å². The number of rotatable bonds is 1. The number of hydrogen-bond acceptors (Lipinski definition) is 7. The van der Waals surface area contributed by atoms with Crippen LogP contribution in [0.15, 0.2) is 12.7 Å². The van der Waals surface area contributed by atoms with Crippen LogP contribution in [-0.4, -0.2) is 46.5 Å². The van der Waals surface area contributed by atoms with E-state index in [9.17, 15) is 10.2 Å². The standard InChI is InChI=1S/C14H21N5O3/c1-11(2)12(3,20)13(4,21)14(5,22-11)19-7-18-8-9(15)16-6-17-10(8)19/h6-7,20-21H,1-5H3,(H2,15,16,17). The van der Waals surface area contributed by atoms with Crippen molar-refractivity contribution < 1.29 is 14.9 Å². The van der Waals surface area contributed by atoms with Crippen LogP contribution in [0.3, 0.4) is 0 Å². The maximum atomic E-state index is 11.1. The lowest BCUT2D eigenvalue weighted by molar-refractivity contribution is -0.187. The van der Waals surface area contributed by atoms with Gasteiger partial charge < -0.3 is 20.7 Å². The van der Waals surface area contributed by atoms with Crippen LogP contribution in [0.2, 0.25) is 0 Å². The molecule has 3 unspecified atom stereocenters. The second-order valence-corrected chi connectivity index (χ2v) is 6.79. The van der Waals surface area contributed by atoms with Gasteiger partial charge in [-0.2, -0.15) is 0 Å². The van der Waals surface area contributed by atoms with Gasteiger partial charge in [0, 0.05) is 0 Å². The zero-order chi connectivity index (χ0) is 16.6. The normalized spacial score (nSPS) is 37.8. The molecule has 3 rings (SSSR count). The van der Waals surface area contributed by atoms with Crippen LogP contribution in [0.1, 0.15) is 34.6 Å². The third-order valence-electron chi connectivity index (χ3n) is 5.30. The van der Waals surface area contributed by atoms with Crippen molar-refractivity contribution in [3.63, 3.8) is 0 Å². The fourth-order valence-corrected chi connectivity index (χ4v) is 3.18. The number of anilines is 1. The van der Waals surface area contributed by atoms with Gasteiger partial charge in [0.15, 0.2) is 17.2 Å². The SMILES string of the molecule is CC1(C)OC(C)(n2cnc3c(N)ncnc32)C(C)(O)C1(C)O. The third kappa shape index (κ3) is 1.49. The van der Waals surface area contributed by atoms with E-state index in [1.165, 1.54) is 19.6 Å². The van der Waals surface area contributed by atoms with Gasteiger partial charge in [-0.3, -0.25) is 4.57 Å². The van der Waals surface area contributed by atoms with Crippen molar-refractivity contribution in [3.8, 4) is 0 Å². The Morgan fingerprint density at radius 3 is 2.23 bits per heavy atom. The predicted molar refractivity (Wildman–Crippen MR) is 79.8 cm³/mol. The van der Waals surface area contributed by atoms with Crippen molar-refractivity contribution in [2.24, 2.45) is 0 Å². The number of nitrogens with zero attached hydrogens (tertiary/aromatic N) is 4. The summed E-state index contributed by atoms with van der Waals surface area (Å²) in [7, 11) is 0. The Labute approximate surface area is 128 Å². The Balaban J connectivity index is 2.28. The molecule has 2 aromatic heterocycles. The summed E-state index contributed by atoms with van der Waals surface area (Å²) >= 11 is 0. The smallest absolute Gasteiger partial charge is 0.176 e. The van der Waals surface area contributed by atoms with Gasteiger partial charge in [0.1, 0.15) is 23.0 Å². The first-order valence-corrected chi connectivity index (χ1v) is 7.04. The molecule has 0 aliphatic carbocycles. The Kier molecular flexibility index (Phi) is 2.72. The third-order valence-corrected chi connectivity index (χ3v) is 5.30. The van der Waals surface area contributed by atoms with E-state index in [4.69, 9.17) is 10.5 Å². The number of aromatic nitrogens is 4. The van der Waals surface area contributed by atoms with Crippen LogP contribution in [0.25, 0.3) is 11.2 Å². The molecule has 0 bridgehead atoms. The van der Waals surface area contributed by atoms with Gasteiger partial charge >= 0.3 is 0 Å². The van der Waals surface area contributed by atoms with Crippen molar-refractivity contribution in [3.05, 3.63) is 12.7 Å². The summed E-state index contributed by atoms with van der Waals surface area (Å²) in [6.45, 7) is 8.25. The molecule has 1 aliphatic rings. The predicted octanol–water partition coefficient (Wildman–Crippen LogP) is 0.392. The highest BCUT2D eigenvalue weighted by molar-refractivity contribution is 5.81. The zero-order valence-electron chi connectivity index (χ0n) is 13.3. The van der Waals surface area contributed by atoms with Gasteiger partial charge in [0.2, 0.25) is 0 Å². The molecule has 8 heteroatoms. The molecule has 8 nitrogen and oxygen atoms in total. The Hall–Kier alpha value is -1.77. The van der Waals surface area contributed by atoms with Crippen LogP contribution >= 0.6 is 0 Å². The van der Waals surface area contributed by atoms with Crippen molar-refractivity contribution in [1.82, 2.24) is 19.5 Å². The van der Waals surface area contributed by atoms with Gasteiger partial charge in [0.25, 0.3) is 0 Å². The van der Waals surface area contributed by atoms with Gasteiger partial charge in [-0.25, -0.2) is 15.0 Å². The summed E-state index contributed by atoms with van der Waals surface area (Å²) in [5.74, 6) is 0.246. The van der Waals surface area contributed by atoms with E-state index in [-0.39, 0.29) is 5.82 Å². The van der Waals surface area contributed by atoms with E-state index in [2.05, 4.69) is 15.0 Å². The minimum atomic E-state index is -1.60. The van der Waals surface area contributed by atoms with Crippen molar-refractivity contribution >= 4 is 17.0 Å². The molecule has 0 amide bonds. The monoisotopic (exact) mass is 307 g/mol. The van der Waals surface area contributed by atoms with Gasteiger partial charge in [-0.15, -0.1) is 0 Å². The summed E-state index contributed by atoms with van der Waals surface area (Å²) in [6.07, 6.45) is 2.81. The highest BCUT2D eigenvalue weighted by Crippen LogP contribution is 2.54. The number of nitrogens with two attached hydrogens (primary N) is 1. The van der Waals surface area contributed by atoms with Crippen molar-refractivity contribution in [2.75, 3.05) is 5.73 Å². The van der Waals surface area contributed by atoms with Crippen LogP contribution in [0.4, 0.5) is 5.82 Å². The molecule has 0 radical (unpaired) electrons. The fraction of sp³-hybridized carbons (Fsp3) is 0.643. The first-order valence-electron chi connectivity index (χ1n) is 7.04. The Bertz CT molecular complexity index is 752. The fourth-order valence-electron chi connectivity index (χ4n) is 3.18. The number of nitrogen functional groups attached to an aromatic ring is 1. The molecule has 2 aromatic rings. The van der Waals surface area contributed by atoms with Crippen LogP contribution in [0.5, 0.6) is 0 Å². The molecule has 0 spiro atoms.